The Morgan fingerprint density at radius 1 is 1.11 bits per heavy atom. The number of alkyl halides is 3. The smallest absolute Gasteiger partial charge is 0.357 e. The summed E-state index contributed by atoms with van der Waals surface area (Å²) < 4.78 is 35.8. The molecule has 18 heavy (non-hydrogen) atoms. The zero-order valence-corrected chi connectivity index (χ0v) is 11.6. The van der Waals surface area contributed by atoms with Gasteiger partial charge in [0.2, 0.25) is 0 Å². The first kappa shape index (κ1) is 17.1. The molecule has 3 nitrogen and oxygen atoms in total. The van der Waals surface area contributed by atoms with Gasteiger partial charge in [-0.2, -0.15) is 13.2 Å². The second-order valence-corrected chi connectivity index (χ2v) is 5.21. The van der Waals surface area contributed by atoms with Crippen molar-refractivity contribution in [1.29, 1.82) is 0 Å². The van der Waals surface area contributed by atoms with Gasteiger partial charge in [-0.3, -0.25) is 4.99 Å². The highest BCUT2D eigenvalue weighted by Crippen LogP contribution is 2.21. The van der Waals surface area contributed by atoms with Crippen molar-refractivity contribution in [3.05, 3.63) is 0 Å². The molecule has 0 rings (SSSR count). The molecule has 0 aromatic carbocycles. The molecule has 0 amide bonds. The van der Waals surface area contributed by atoms with Crippen molar-refractivity contribution in [3.8, 4) is 0 Å². The van der Waals surface area contributed by atoms with Crippen molar-refractivity contribution in [3.63, 3.8) is 0 Å². The molecular formula is C12H24F3N3. The van der Waals surface area contributed by atoms with Crippen molar-refractivity contribution in [1.82, 2.24) is 10.6 Å². The fraction of sp³-hybridized carbons (Fsp3) is 0.917. The zero-order chi connectivity index (χ0) is 14.2. The van der Waals surface area contributed by atoms with Gasteiger partial charge in [0, 0.05) is 25.0 Å². The summed E-state index contributed by atoms with van der Waals surface area (Å²) >= 11 is 0. The summed E-state index contributed by atoms with van der Waals surface area (Å²) in [6.07, 6.45) is -4.22. The van der Waals surface area contributed by atoms with Crippen molar-refractivity contribution in [2.24, 2.45) is 4.99 Å². The highest BCUT2D eigenvalue weighted by Gasteiger charge is 2.25. The predicted octanol–water partition coefficient (Wildman–Crippen LogP) is 3.07. The number of hydrogen-bond donors (Lipinski definition) is 2. The van der Waals surface area contributed by atoms with E-state index in [9.17, 15) is 13.2 Å². The van der Waals surface area contributed by atoms with Gasteiger partial charge < -0.3 is 10.6 Å². The Labute approximate surface area is 107 Å². The number of unbranched alkanes of at least 4 members (excludes halogenated alkanes) is 1. The van der Waals surface area contributed by atoms with Crippen LogP contribution in [0.15, 0.2) is 4.99 Å². The normalized spacial score (nSPS) is 13.6. The molecule has 0 bridgehead atoms. The molecular weight excluding hydrogens is 243 g/mol. The Hall–Kier alpha value is -0.940. The van der Waals surface area contributed by atoms with E-state index in [4.69, 9.17) is 0 Å². The Kier molecular flexibility index (Phi) is 7.09. The van der Waals surface area contributed by atoms with Crippen LogP contribution < -0.4 is 10.6 Å². The van der Waals surface area contributed by atoms with Crippen LogP contribution in [0.4, 0.5) is 13.2 Å². The van der Waals surface area contributed by atoms with E-state index in [0.717, 1.165) is 6.54 Å². The summed E-state index contributed by atoms with van der Waals surface area (Å²) in [6.45, 7) is 9.09. The molecule has 0 aromatic heterocycles. The first-order chi connectivity index (χ1) is 8.14. The number of nitrogens with one attached hydrogen (secondary N) is 2. The molecule has 0 saturated heterocycles. The minimum Gasteiger partial charge on any atom is -0.357 e. The molecule has 108 valence electrons. The third-order valence-corrected chi connectivity index (χ3v) is 1.98. The lowest BCUT2D eigenvalue weighted by molar-refractivity contribution is -0.135. The average Bonchev–Trinajstić information content (AvgIpc) is 2.13. The second-order valence-electron chi connectivity index (χ2n) is 5.21. The van der Waals surface area contributed by atoms with Gasteiger partial charge in [-0.15, -0.1) is 0 Å². The van der Waals surface area contributed by atoms with E-state index in [1.165, 1.54) is 0 Å². The average molecular weight is 267 g/mol. The number of nitrogens with zero attached hydrogens (tertiary/aromatic N) is 1. The van der Waals surface area contributed by atoms with E-state index in [-0.39, 0.29) is 12.0 Å². The van der Waals surface area contributed by atoms with Crippen LogP contribution in [-0.4, -0.2) is 30.8 Å². The highest BCUT2D eigenvalue weighted by molar-refractivity contribution is 5.80. The summed E-state index contributed by atoms with van der Waals surface area (Å²) in [7, 11) is 0. The number of rotatable bonds is 5. The molecule has 6 heteroatoms. The molecule has 0 fully saturated rings. The van der Waals surface area contributed by atoms with Crippen molar-refractivity contribution < 1.29 is 13.2 Å². The van der Waals surface area contributed by atoms with Crippen LogP contribution in [0.2, 0.25) is 0 Å². The highest BCUT2D eigenvalue weighted by atomic mass is 19.4. The number of hydrogen-bond acceptors (Lipinski definition) is 1. The first-order valence-corrected chi connectivity index (χ1v) is 6.27. The lowest BCUT2D eigenvalue weighted by Gasteiger charge is -2.23. The van der Waals surface area contributed by atoms with Gasteiger partial charge in [-0.05, 0) is 40.5 Å². The van der Waals surface area contributed by atoms with Crippen LogP contribution >= 0.6 is 0 Å². The maximum absolute atomic E-state index is 11.9. The molecule has 0 saturated carbocycles. The van der Waals surface area contributed by atoms with Gasteiger partial charge >= 0.3 is 6.18 Å². The minimum absolute atomic E-state index is 0.118. The number of aliphatic imine (C=N–C) groups is 1. The summed E-state index contributed by atoms with van der Waals surface area (Å²) in [4.78, 5) is 4.25. The maximum Gasteiger partial charge on any atom is 0.389 e. The number of guanidine groups is 1. The van der Waals surface area contributed by atoms with Crippen LogP contribution in [0, 0.1) is 0 Å². The fourth-order valence-corrected chi connectivity index (χ4v) is 1.29. The zero-order valence-electron chi connectivity index (χ0n) is 11.6. The molecule has 2 N–H and O–H groups in total. The predicted molar refractivity (Wildman–Crippen MR) is 68.8 cm³/mol. The lowest BCUT2D eigenvalue weighted by Crippen LogP contribution is -2.47. The van der Waals surface area contributed by atoms with Crippen LogP contribution in [-0.2, 0) is 0 Å². The van der Waals surface area contributed by atoms with E-state index in [1.807, 2.05) is 27.7 Å². The molecule has 0 aliphatic heterocycles. The lowest BCUT2D eigenvalue weighted by atomic mass is 10.1. The molecule has 0 aliphatic rings. The molecule has 0 aliphatic carbocycles. The van der Waals surface area contributed by atoms with Crippen molar-refractivity contribution >= 4 is 5.96 Å². The van der Waals surface area contributed by atoms with Crippen molar-refractivity contribution in [2.75, 3.05) is 13.1 Å². The summed E-state index contributed by atoms with van der Waals surface area (Å²) in [5.41, 5.74) is -0.118. The maximum atomic E-state index is 11.9. The Balaban J connectivity index is 4.02. The van der Waals surface area contributed by atoms with Crippen LogP contribution in [0.25, 0.3) is 0 Å². The van der Waals surface area contributed by atoms with E-state index >= 15 is 0 Å². The minimum atomic E-state index is -4.06. The van der Waals surface area contributed by atoms with Gasteiger partial charge in [0.05, 0.1) is 0 Å². The fourth-order valence-electron chi connectivity index (χ4n) is 1.29. The van der Waals surface area contributed by atoms with Crippen LogP contribution in [0.1, 0.15) is 47.0 Å². The summed E-state index contributed by atoms with van der Waals surface area (Å²) in [5.74, 6) is 0.650. The van der Waals surface area contributed by atoms with Crippen LogP contribution in [0.5, 0.6) is 0 Å². The van der Waals surface area contributed by atoms with Gasteiger partial charge in [0.25, 0.3) is 0 Å². The largest absolute Gasteiger partial charge is 0.389 e. The Morgan fingerprint density at radius 3 is 2.17 bits per heavy atom. The SMILES string of the molecule is CCNC(=NCCCCC(F)(F)F)NC(C)(C)C. The molecule has 0 unspecified atom stereocenters. The molecule has 0 radical (unpaired) electrons. The monoisotopic (exact) mass is 267 g/mol. The molecule has 0 heterocycles. The first-order valence-electron chi connectivity index (χ1n) is 6.27. The summed E-state index contributed by atoms with van der Waals surface area (Å²) in [5, 5.41) is 6.24. The number of halogens is 3. The van der Waals surface area contributed by atoms with E-state index in [1.54, 1.807) is 0 Å². The second kappa shape index (κ2) is 7.48. The third-order valence-electron chi connectivity index (χ3n) is 1.98. The molecule has 0 aromatic rings. The quantitative estimate of drug-likeness (QED) is 0.456. The van der Waals surface area contributed by atoms with Gasteiger partial charge in [0.1, 0.15) is 0 Å². The molecule has 0 spiro atoms. The topological polar surface area (TPSA) is 36.4 Å². The van der Waals surface area contributed by atoms with Gasteiger partial charge in [-0.1, -0.05) is 0 Å². The van der Waals surface area contributed by atoms with Gasteiger partial charge in [0.15, 0.2) is 5.96 Å². The van der Waals surface area contributed by atoms with E-state index < -0.39 is 12.6 Å². The van der Waals surface area contributed by atoms with E-state index in [2.05, 4.69) is 15.6 Å². The van der Waals surface area contributed by atoms with Gasteiger partial charge in [-0.25, -0.2) is 0 Å². The Morgan fingerprint density at radius 2 is 1.72 bits per heavy atom. The third kappa shape index (κ3) is 11.5. The Bertz CT molecular complexity index is 254. The van der Waals surface area contributed by atoms with E-state index in [0.29, 0.717) is 18.9 Å². The standard InChI is InChI=1S/C12H24F3N3/c1-5-16-10(18-11(2,3)4)17-9-7-6-8-12(13,14)15/h5-9H2,1-4H3,(H2,16,17,18). The van der Waals surface area contributed by atoms with Crippen LogP contribution in [0.3, 0.4) is 0 Å². The molecule has 0 atom stereocenters. The summed E-state index contributed by atoms with van der Waals surface area (Å²) in [6, 6.07) is 0. The van der Waals surface area contributed by atoms with Crippen molar-refractivity contribution in [2.45, 2.75) is 58.7 Å².